The summed E-state index contributed by atoms with van der Waals surface area (Å²) in [6, 6.07) is -2.08. The van der Waals surface area contributed by atoms with Crippen molar-refractivity contribution in [2.75, 3.05) is 98.2 Å². The van der Waals surface area contributed by atoms with Gasteiger partial charge >= 0.3 is 25.0 Å². The molecule has 2 aliphatic rings. The van der Waals surface area contributed by atoms with Crippen molar-refractivity contribution in [2.45, 2.75) is 64.5 Å². The van der Waals surface area contributed by atoms with Gasteiger partial charge in [0.1, 0.15) is 12.1 Å². The van der Waals surface area contributed by atoms with Crippen molar-refractivity contribution < 1.29 is 63.7 Å². The first-order valence-corrected chi connectivity index (χ1v) is 19.2. The summed E-state index contributed by atoms with van der Waals surface area (Å²) in [6.07, 6.45) is 1.88. The normalized spacial score (nSPS) is 19.5. The van der Waals surface area contributed by atoms with Gasteiger partial charge in [-0.15, -0.1) is 0 Å². The Morgan fingerprint density at radius 3 is 1.46 bits per heavy atom. The van der Waals surface area contributed by atoms with E-state index in [0.29, 0.717) is 65.0 Å². The van der Waals surface area contributed by atoms with Crippen molar-refractivity contribution in [3.63, 3.8) is 0 Å². The number of likely N-dealkylation sites (tertiary alicyclic amines) is 1. The van der Waals surface area contributed by atoms with Gasteiger partial charge in [0.15, 0.2) is 0 Å². The van der Waals surface area contributed by atoms with E-state index in [0.717, 1.165) is 0 Å². The number of carbonyl (C=O) groups excluding carboxylic acids is 5. The summed E-state index contributed by atoms with van der Waals surface area (Å²) >= 11 is 0. The molecule has 0 saturated carbocycles. The van der Waals surface area contributed by atoms with Gasteiger partial charge in [-0.05, 0) is 45.1 Å². The summed E-state index contributed by atoms with van der Waals surface area (Å²) in [5.41, 5.74) is 0. The molecule has 2 fully saturated rings. The molecule has 0 aromatic heterocycles. The molecule has 0 radical (unpaired) electrons. The molecule has 2 aliphatic heterocycles. The molecule has 0 aromatic rings. The fourth-order valence-corrected chi connectivity index (χ4v) is 6.68. The van der Waals surface area contributed by atoms with E-state index in [2.05, 4.69) is 21.3 Å². The van der Waals surface area contributed by atoms with E-state index in [-0.39, 0.29) is 45.8 Å². The van der Waals surface area contributed by atoms with Gasteiger partial charge in [0.25, 0.3) is 0 Å². The van der Waals surface area contributed by atoms with Crippen LogP contribution in [0.3, 0.4) is 0 Å². The highest BCUT2D eigenvalue weighted by Crippen LogP contribution is 2.19. The molecule has 0 aliphatic carbocycles. The highest BCUT2D eigenvalue weighted by atomic mass is 16.4. The molecule has 322 valence electrons. The SMILES string of the molecule is CC(C)[C@H](NC(=O)CNC(=O)CNC(=O)CN1CCCN(CC(=O)O)CCN(CC(=O)O)CCCN(CC(=O)O)CC1)C(=O)N[C@@H](C)C(=O)N1CCC[C@H]1B(O)O. The van der Waals surface area contributed by atoms with E-state index >= 15 is 0 Å². The van der Waals surface area contributed by atoms with Crippen LogP contribution in [0.2, 0.25) is 0 Å². The Bertz CT molecular complexity index is 1390. The van der Waals surface area contributed by atoms with Crippen LogP contribution in [0.4, 0.5) is 0 Å². The highest BCUT2D eigenvalue weighted by Gasteiger charge is 2.39. The lowest BCUT2D eigenvalue weighted by atomic mass is 9.78. The lowest BCUT2D eigenvalue weighted by Crippen LogP contribution is -2.57. The maximum absolute atomic E-state index is 13.0. The van der Waals surface area contributed by atoms with E-state index < -0.39 is 91.6 Å². The number of aliphatic carboxylic acids is 3. The predicted octanol–water partition coefficient (Wildman–Crippen LogP) is -4.88. The number of hydrogen-bond acceptors (Lipinski definition) is 14. The third-order valence-corrected chi connectivity index (χ3v) is 9.62. The molecular formula is C34H60BN9O13. The van der Waals surface area contributed by atoms with Gasteiger partial charge in [-0.25, -0.2) is 0 Å². The molecule has 0 spiro atoms. The summed E-state index contributed by atoms with van der Waals surface area (Å²) in [6.45, 7) is 5.68. The average molecular weight is 814 g/mol. The summed E-state index contributed by atoms with van der Waals surface area (Å²) in [5.74, 6) is -7.36. The fraction of sp³-hybridized carbons (Fsp3) is 0.765. The molecule has 0 bridgehead atoms. The van der Waals surface area contributed by atoms with E-state index in [1.165, 1.54) is 11.8 Å². The molecule has 9 N–H and O–H groups in total. The minimum Gasteiger partial charge on any atom is -0.480 e. The van der Waals surface area contributed by atoms with Gasteiger partial charge in [-0.1, -0.05) is 13.8 Å². The van der Waals surface area contributed by atoms with Crippen molar-refractivity contribution in [1.29, 1.82) is 0 Å². The first kappa shape index (κ1) is 48.7. The Hall–Kier alpha value is -4.42. The fourth-order valence-electron chi connectivity index (χ4n) is 6.68. The first-order chi connectivity index (χ1) is 26.9. The second kappa shape index (κ2) is 25.1. The molecule has 23 heteroatoms. The van der Waals surface area contributed by atoms with Gasteiger partial charge in [0.2, 0.25) is 29.5 Å². The minimum atomic E-state index is -1.71. The highest BCUT2D eigenvalue weighted by molar-refractivity contribution is 6.43. The van der Waals surface area contributed by atoms with Gasteiger partial charge in [-0.3, -0.25) is 58.0 Å². The van der Waals surface area contributed by atoms with Crippen LogP contribution >= 0.6 is 0 Å². The summed E-state index contributed by atoms with van der Waals surface area (Å²) in [7, 11) is -1.71. The van der Waals surface area contributed by atoms with Crippen molar-refractivity contribution in [3.05, 3.63) is 0 Å². The van der Waals surface area contributed by atoms with E-state index in [4.69, 9.17) is 0 Å². The number of nitrogens with zero attached hydrogens (tertiary/aromatic N) is 5. The van der Waals surface area contributed by atoms with Crippen LogP contribution in [-0.2, 0) is 38.4 Å². The third-order valence-electron chi connectivity index (χ3n) is 9.62. The first-order valence-electron chi connectivity index (χ1n) is 19.2. The lowest BCUT2D eigenvalue weighted by Gasteiger charge is -2.30. The largest absolute Gasteiger partial charge is 0.480 e. The lowest BCUT2D eigenvalue weighted by molar-refractivity contribution is -0.140. The standard InChI is InChI=1S/C34H60BN9O13/c1-23(2)32(33(54)38-24(3)34(55)44-12-4-7-25(44)35(56)57)39-27(46)18-36-26(45)17-37-28(47)19-40-8-5-9-42(21-30(50)51)15-16-43(22-31(52)53)11-6-10-41(14-13-40)20-29(48)49/h23-25,32,56-57H,4-22H2,1-3H3,(H,36,45)(H,37,47)(H,38,54)(H,39,46)(H,48,49)(H,50,51)(H,52,53)/t24-,25-,32-/m0/s1. The monoisotopic (exact) mass is 813 g/mol. The van der Waals surface area contributed by atoms with E-state index in [9.17, 15) is 63.7 Å². The Morgan fingerprint density at radius 1 is 0.579 bits per heavy atom. The van der Waals surface area contributed by atoms with Crippen LogP contribution in [0.15, 0.2) is 0 Å². The zero-order valence-electron chi connectivity index (χ0n) is 33.1. The van der Waals surface area contributed by atoms with E-state index in [1.807, 2.05) is 0 Å². The zero-order chi connectivity index (χ0) is 42.7. The van der Waals surface area contributed by atoms with Gasteiger partial charge in [0, 0.05) is 52.4 Å². The quantitative estimate of drug-likeness (QED) is 0.0586. The van der Waals surface area contributed by atoms with Crippen LogP contribution in [-0.4, -0.2) is 221 Å². The number of hydrogen-bond donors (Lipinski definition) is 9. The van der Waals surface area contributed by atoms with Crippen LogP contribution in [0.5, 0.6) is 0 Å². The van der Waals surface area contributed by atoms with Crippen LogP contribution in [0.1, 0.15) is 46.5 Å². The zero-order valence-corrected chi connectivity index (χ0v) is 33.1. The maximum Gasteiger partial charge on any atom is 0.475 e. The number of carbonyl (C=O) groups is 8. The summed E-state index contributed by atoms with van der Waals surface area (Å²) in [4.78, 5) is 107. The van der Waals surface area contributed by atoms with Crippen molar-refractivity contribution in [3.8, 4) is 0 Å². The molecular weight excluding hydrogens is 753 g/mol. The molecule has 5 amide bonds. The average Bonchev–Trinajstić information content (AvgIpc) is 3.62. The summed E-state index contributed by atoms with van der Waals surface area (Å²) in [5, 5.41) is 57.3. The van der Waals surface area contributed by atoms with E-state index in [1.54, 1.807) is 33.4 Å². The molecule has 3 atom stereocenters. The topological polar surface area (TPSA) is 302 Å². The second-order valence-corrected chi connectivity index (χ2v) is 14.7. The van der Waals surface area contributed by atoms with Crippen molar-refractivity contribution in [2.24, 2.45) is 5.92 Å². The molecule has 57 heavy (non-hydrogen) atoms. The smallest absolute Gasteiger partial charge is 0.475 e. The van der Waals surface area contributed by atoms with Crippen LogP contribution in [0.25, 0.3) is 0 Å². The second-order valence-electron chi connectivity index (χ2n) is 14.7. The minimum absolute atomic E-state index is 0.162. The maximum atomic E-state index is 13.0. The van der Waals surface area contributed by atoms with Crippen LogP contribution < -0.4 is 21.3 Å². The molecule has 2 rings (SSSR count). The Labute approximate surface area is 332 Å². The summed E-state index contributed by atoms with van der Waals surface area (Å²) < 4.78 is 0. The Balaban J connectivity index is 1.92. The number of carboxylic acid groups (broad SMARTS) is 3. The van der Waals surface area contributed by atoms with Crippen molar-refractivity contribution >= 4 is 54.6 Å². The van der Waals surface area contributed by atoms with Gasteiger partial charge < -0.3 is 51.5 Å². The Morgan fingerprint density at radius 2 is 1.02 bits per heavy atom. The predicted molar refractivity (Wildman–Crippen MR) is 203 cm³/mol. The molecule has 0 aromatic carbocycles. The van der Waals surface area contributed by atoms with Gasteiger partial charge in [0.05, 0.1) is 45.2 Å². The van der Waals surface area contributed by atoms with Crippen molar-refractivity contribution in [1.82, 2.24) is 45.8 Å². The number of nitrogens with one attached hydrogen (secondary N) is 4. The third kappa shape index (κ3) is 19.1. The number of carboxylic acids is 3. The number of rotatable bonds is 18. The van der Waals surface area contributed by atoms with Gasteiger partial charge in [-0.2, -0.15) is 0 Å². The molecule has 0 unspecified atom stereocenters. The molecule has 2 heterocycles. The Kier molecular flexibility index (Phi) is 21.4. The molecule has 2 saturated heterocycles. The van der Waals surface area contributed by atoms with Crippen LogP contribution in [0, 0.1) is 5.92 Å². The molecule has 22 nitrogen and oxygen atoms in total. The number of amides is 5.